The van der Waals surface area contributed by atoms with Gasteiger partial charge in [-0.3, -0.25) is 14.5 Å². The number of likely N-dealkylation sites (tertiary alicyclic amines) is 1. The molecule has 0 spiro atoms. The first-order valence-corrected chi connectivity index (χ1v) is 7.06. The third kappa shape index (κ3) is 3.05. The first kappa shape index (κ1) is 14.8. The maximum absolute atomic E-state index is 12.8. The van der Waals surface area contributed by atoms with Crippen LogP contribution in [0.25, 0.3) is 11.0 Å². The van der Waals surface area contributed by atoms with Gasteiger partial charge < -0.3 is 4.90 Å². The molecule has 1 unspecified atom stereocenters. The molecule has 8 heteroatoms. The van der Waals surface area contributed by atoms with Crippen LogP contribution in [0.5, 0.6) is 0 Å². The fraction of sp³-hybridized carbons (Fsp3) is 0.500. The van der Waals surface area contributed by atoms with Crippen LogP contribution < -0.4 is 0 Å². The summed E-state index contributed by atoms with van der Waals surface area (Å²) in [7, 11) is 0. The molecule has 2 aromatic heterocycles. The highest BCUT2D eigenvalue weighted by Crippen LogP contribution is 2.33. The largest absolute Gasteiger partial charge is 0.393 e. The minimum Gasteiger partial charge on any atom is -0.340 e. The zero-order valence-corrected chi connectivity index (χ0v) is 11.8. The molecule has 118 valence electrons. The van der Waals surface area contributed by atoms with Crippen LogP contribution in [0.3, 0.4) is 0 Å². The van der Waals surface area contributed by atoms with Crippen LogP contribution in [0.2, 0.25) is 0 Å². The summed E-state index contributed by atoms with van der Waals surface area (Å²) < 4.78 is 39.8. The Morgan fingerprint density at radius 3 is 2.91 bits per heavy atom. The van der Waals surface area contributed by atoms with E-state index in [1.807, 2.05) is 0 Å². The third-order valence-electron chi connectivity index (χ3n) is 3.86. The monoisotopic (exact) mass is 312 g/mol. The fourth-order valence-electron chi connectivity index (χ4n) is 2.69. The Morgan fingerprint density at radius 1 is 1.36 bits per heavy atom. The van der Waals surface area contributed by atoms with Crippen molar-refractivity contribution < 1.29 is 18.0 Å². The molecule has 1 fully saturated rings. The number of hydrogen-bond donors (Lipinski definition) is 0. The second-order valence-corrected chi connectivity index (χ2v) is 5.45. The number of amides is 1. The Kier molecular flexibility index (Phi) is 3.76. The minimum atomic E-state index is -4.25. The number of piperidine rings is 1. The fourth-order valence-corrected chi connectivity index (χ4v) is 2.69. The molecule has 1 atom stereocenters. The van der Waals surface area contributed by atoms with E-state index in [9.17, 15) is 18.0 Å². The van der Waals surface area contributed by atoms with Gasteiger partial charge in [0.15, 0.2) is 0 Å². The van der Waals surface area contributed by atoms with Gasteiger partial charge in [0.1, 0.15) is 17.6 Å². The highest BCUT2D eigenvalue weighted by molar-refractivity contribution is 5.77. The standard InChI is InChI=1S/C14H15F3N4O/c15-14(16,17)10-3-2-6-20(7-10)13(22)9-21-8-12-11(19-21)4-1-5-18-12/h1,4-5,8,10H,2-3,6-7,9H2. The predicted octanol–water partition coefficient (Wildman–Crippen LogP) is 2.23. The van der Waals surface area contributed by atoms with Crippen LogP contribution in [-0.2, 0) is 11.3 Å². The lowest BCUT2D eigenvalue weighted by atomic mass is 9.97. The van der Waals surface area contributed by atoms with Crippen molar-refractivity contribution >= 4 is 16.9 Å². The summed E-state index contributed by atoms with van der Waals surface area (Å²) >= 11 is 0. The first-order chi connectivity index (χ1) is 10.4. The van der Waals surface area contributed by atoms with Crippen LogP contribution in [-0.4, -0.2) is 44.8 Å². The molecule has 5 nitrogen and oxygen atoms in total. The second-order valence-electron chi connectivity index (χ2n) is 5.45. The zero-order valence-electron chi connectivity index (χ0n) is 11.8. The van der Waals surface area contributed by atoms with Crippen molar-refractivity contribution in [2.75, 3.05) is 13.1 Å². The molecule has 0 N–H and O–H groups in total. The van der Waals surface area contributed by atoms with Gasteiger partial charge in [-0.2, -0.15) is 18.3 Å². The van der Waals surface area contributed by atoms with Gasteiger partial charge in [-0.25, -0.2) is 0 Å². The van der Waals surface area contributed by atoms with E-state index in [1.165, 1.54) is 9.58 Å². The van der Waals surface area contributed by atoms with Gasteiger partial charge >= 0.3 is 6.18 Å². The Bertz CT molecular complexity index is 649. The van der Waals surface area contributed by atoms with E-state index >= 15 is 0 Å². The average molecular weight is 312 g/mol. The summed E-state index contributed by atoms with van der Waals surface area (Å²) in [4.78, 5) is 17.6. The van der Waals surface area contributed by atoms with E-state index in [1.54, 1.807) is 24.5 Å². The number of fused-ring (bicyclic) bond motifs is 1. The smallest absolute Gasteiger partial charge is 0.340 e. The van der Waals surface area contributed by atoms with Crippen molar-refractivity contribution in [3.8, 4) is 0 Å². The normalized spacial score (nSPS) is 19.6. The minimum absolute atomic E-state index is 0.0685. The molecule has 0 aromatic carbocycles. The Morgan fingerprint density at radius 2 is 2.18 bits per heavy atom. The first-order valence-electron chi connectivity index (χ1n) is 7.06. The number of carbonyl (C=O) groups is 1. The van der Waals surface area contributed by atoms with Gasteiger partial charge in [-0.1, -0.05) is 0 Å². The predicted molar refractivity (Wildman–Crippen MR) is 72.9 cm³/mol. The van der Waals surface area contributed by atoms with Crippen LogP contribution >= 0.6 is 0 Å². The van der Waals surface area contributed by atoms with Gasteiger partial charge in [-0.05, 0) is 25.0 Å². The lowest BCUT2D eigenvalue weighted by Crippen LogP contribution is -2.45. The number of rotatable bonds is 2. The van der Waals surface area contributed by atoms with Crippen molar-refractivity contribution in [2.24, 2.45) is 5.92 Å². The molecule has 1 amide bonds. The average Bonchev–Trinajstić information content (AvgIpc) is 2.88. The number of hydrogen-bond acceptors (Lipinski definition) is 3. The number of carbonyl (C=O) groups excluding carboxylic acids is 1. The van der Waals surface area contributed by atoms with Gasteiger partial charge in [0.25, 0.3) is 0 Å². The van der Waals surface area contributed by atoms with Crippen LogP contribution in [0, 0.1) is 5.92 Å². The Hall–Kier alpha value is -2.12. The highest BCUT2D eigenvalue weighted by Gasteiger charge is 2.42. The van der Waals surface area contributed by atoms with Crippen LogP contribution in [0.15, 0.2) is 24.5 Å². The molecule has 2 aromatic rings. The van der Waals surface area contributed by atoms with E-state index in [0.717, 1.165) is 0 Å². The van der Waals surface area contributed by atoms with Crippen molar-refractivity contribution in [1.29, 1.82) is 0 Å². The second kappa shape index (κ2) is 5.58. The number of halogens is 3. The van der Waals surface area contributed by atoms with Crippen LogP contribution in [0.4, 0.5) is 13.2 Å². The maximum Gasteiger partial charge on any atom is 0.393 e. The molecule has 1 aliphatic heterocycles. The molecular formula is C14H15F3N4O. The Balaban J connectivity index is 1.68. The van der Waals surface area contributed by atoms with E-state index in [4.69, 9.17) is 0 Å². The third-order valence-corrected chi connectivity index (χ3v) is 3.86. The van der Waals surface area contributed by atoms with Crippen molar-refractivity contribution in [3.63, 3.8) is 0 Å². The lowest BCUT2D eigenvalue weighted by molar-refractivity contribution is -0.188. The van der Waals surface area contributed by atoms with Gasteiger partial charge in [-0.15, -0.1) is 0 Å². The molecule has 0 bridgehead atoms. The zero-order chi connectivity index (χ0) is 15.7. The molecule has 0 radical (unpaired) electrons. The lowest BCUT2D eigenvalue weighted by Gasteiger charge is -2.33. The maximum atomic E-state index is 12.8. The molecular weight excluding hydrogens is 297 g/mol. The number of pyridine rings is 1. The molecule has 0 saturated carbocycles. The molecule has 3 rings (SSSR count). The van der Waals surface area contributed by atoms with Crippen molar-refractivity contribution in [2.45, 2.75) is 25.6 Å². The topological polar surface area (TPSA) is 51.0 Å². The summed E-state index contributed by atoms with van der Waals surface area (Å²) in [6.07, 6.45) is -0.544. The summed E-state index contributed by atoms with van der Waals surface area (Å²) in [6, 6.07) is 3.50. The van der Waals surface area contributed by atoms with E-state index < -0.39 is 12.1 Å². The summed E-state index contributed by atoms with van der Waals surface area (Å²) in [5.74, 6) is -1.77. The number of alkyl halides is 3. The van der Waals surface area contributed by atoms with Crippen LogP contribution in [0.1, 0.15) is 12.8 Å². The number of nitrogens with zero attached hydrogens (tertiary/aromatic N) is 4. The van der Waals surface area contributed by atoms with Gasteiger partial charge in [0, 0.05) is 19.3 Å². The quantitative estimate of drug-likeness (QED) is 0.854. The Labute approximate surface area is 124 Å². The van der Waals surface area contributed by atoms with Crippen molar-refractivity contribution in [1.82, 2.24) is 19.7 Å². The molecule has 1 saturated heterocycles. The number of aromatic nitrogens is 3. The van der Waals surface area contributed by atoms with E-state index in [0.29, 0.717) is 24.0 Å². The highest BCUT2D eigenvalue weighted by atomic mass is 19.4. The summed E-state index contributed by atoms with van der Waals surface area (Å²) in [6.45, 7) is 0.0345. The molecule has 22 heavy (non-hydrogen) atoms. The van der Waals surface area contributed by atoms with Gasteiger partial charge in [0.2, 0.25) is 5.91 Å². The SMILES string of the molecule is O=C(Cn1cc2ncccc2n1)N1CCCC(C(F)(F)F)C1. The molecule has 0 aliphatic carbocycles. The molecule has 1 aliphatic rings. The van der Waals surface area contributed by atoms with E-state index in [2.05, 4.69) is 10.1 Å². The summed E-state index contributed by atoms with van der Waals surface area (Å²) in [5.41, 5.74) is 1.31. The van der Waals surface area contributed by atoms with E-state index in [-0.39, 0.29) is 25.4 Å². The van der Waals surface area contributed by atoms with Gasteiger partial charge in [0.05, 0.1) is 12.1 Å². The summed E-state index contributed by atoms with van der Waals surface area (Å²) in [5, 5.41) is 4.20. The van der Waals surface area contributed by atoms with Crippen molar-refractivity contribution in [3.05, 3.63) is 24.5 Å². The molecule has 3 heterocycles.